The molecule has 3 aromatic carbocycles. The Bertz CT molecular complexity index is 1010. The van der Waals surface area contributed by atoms with Crippen LogP contribution < -0.4 is 0 Å². The molecule has 4 rings (SSSR count). The van der Waals surface area contributed by atoms with Gasteiger partial charge in [0.1, 0.15) is 6.04 Å². The smallest absolute Gasteiger partial charge is 0.408 e. The minimum Gasteiger partial charge on any atom is -0.465 e. The van der Waals surface area contributed by atoms with E-state index in [1.807, 2.05) is 54.6 Å². The molecule has 0 aliphatic carbocycles. The van der Waals surface area contributed by atoms with E-state index in [0.717, 1.165) is 21.8 Å². The summed E-state index contributed by atoms with van der Waals surface area (Å²) in [5.41, 5.74) is 3.30. The summed E-state index contributed by atoms with van der Waals surface area (Å²) in [6.07, 6.45) is -0.701. The van der Waals surface area contributed by atoms with E-state index in [9.17, 15) is 14.7 Å². The number of likely N-dealkylation sites (N-methyl/N-ethyl adjacent to an activating group) is 1. The van der Waals surface area contributed by atoms with Gasteiger partial charge in [-0.3, -0.25) is 14.5 Å². The highest BCUT2D eigenvalue weighted by Gasteiger charge is 2.46. The average molecular weight is 477 g/mol. The van der Waals surface area contributed by atoms with Gasteiger partial charge < -0.3 is 5.11 Å². The molecule has 176 valence electrons. The summed E-state index contributed by atoms with van der Waals surface area (Å²) in [5, 5.41) is 10.8. The van der Waals surface area contributed by atoms with E-state index in [4.69, 9.17) is 4.84 Å². The monoisotopic (exact) mass is 476 g/mol. The summed E-state index contributed by atoms with van der Waals surface area (Å²) in [5.74, 6) is -0.363. The van der Waals surface area contributed by atoms with Gasteiger partial charge in [0.05, 0.1) is 11.9 Å². The van der Waals surface area contributed by atoms with Crippen LogP contribution >= 0.6 is 11.8 Å². The average Bonchev–Trinajstić information content (AvgIpc) is 3.32. The van der Waals surface area contributed by atoms with Gasteiger partial charge in [0.2, 0.25) is 0 Å². The van der Waals surface area contributed by atoms with E-state index in [1.54, 1.807) is 11.8 Å². The van der Waals surface area contributed by atoms with Gasteiger partial charge in [-0.2, -0.15) is 0 Å². The Balaban J connectivity index is 1.81. The highest BCUT2D eigenvalue weighted by Crippen LogP contribution is 2.52. The number of carbonyl (C=O) groups is 2. The molecule has 1 saturated heterocycles. The number of likely N-dealkylation sites (tertiary alicyclic amines) is 1. The topological polar surface area (TPSA) is 70.1 Å². The number of hydroxylamine groups is 2. The van der Waals surface area contributed by atoms with Gasteiger partial charge in [0.15, 0.2) is 0 Å². The first kappa shape index (κ1) is 23.9. The number of hydrogen-bond acceptors (Lipinski definition) is 4. The van der Waals surface area contributed by atoms with Crippen LogP contribution in [-0.2, 0) is 14.4 Å². The Hall–Kier alpha value is -3.29. The number of benzene rings is 3. The molecule has 2 atom stereocenters. The van der Waals surface area contributed by atoms with Crippen molar-refractivity contribution in [2.24, 2.45) is 0 Å². The fraction of sp³-hybridized carbons (Fsp3) is 0.259. The van der Waals surface area contributed by atoms with Crippen LogP contribution in [0.3, 0.4) is 0 Å². The number of nitrogens with zero attached hydrogens (tertiary/aromatic N) is 2. The predicted molar refractivity (Wildman–Crippen MR) is 134 cm³/mol. The molecular formula is C27H28N2O4S. The van der Waals surface area contributed by atoms with Crippen LogP contribution in [-0.4, -0.2) is 59.1 Å². The Morgan fingerprint density at radius 2 is 1.35 bits per heavy atom. The standard InChI is InChI=1S/C27H28N2O4S/c1-28(33-2)25(30)24-18-23(19-29(24)26(31)32)34-27(20-12-6-3-7-13-20,21-14-8-4-9-15-21)22-16-10-5-11-17-22/h3-17,23-24H,18-19H2,1-2H3,(H,31,32). The normalized spacial score (nSPS) is 18.0. The number of rotatable bonds is 7. The van der Waals surface area contributed by atoms with Crippen LogP contribution in [0.2, 0.25) is 0 Å². The van der Waals surface area contributed by atoms with Gasteiger partial charge in [-0.1, -0.05) is 91.0 Å². The van der Waals surface area contributed by atoms with Crippen molar-refractivity contribution < 1.29 is 19.5 Å². The van der Waals surface area contributed by atoms with Gasteiger partial charge in [0.25, 0.3) is 5.91 Å². The second-order valence-corrected chi connectivity index (χ2v) is 9.74. The lowest BCUT2D eigenvalue weighted by Crippen LogP contribution is -2.45. The lowest BCUT2D eigenvalue weighted by molar-refractivity contribution is -0.173. The van der Waals surface area contributed by atoms with E-state index in [-0.39, 0.29) is 17.7 Å². The third kappa shape index (κ3) is 4.54. The van der Waals surface area contributed by atoms with E-state index < -0.39 is 16.9 Å². The Morgan fingerprint density at radius 1 is 0.912 bits per heavy atom. The number of carbonyl (C=O) groups excluding carboxylic acids is 1. The first-order chi connectivity index (χ1) is 16.5. The van der Waals surface area contributed by atoms with E-state index in [0.29, 0.717) is 6.42 Å². The number of carboxylic acid groups (broad SMARTS) is 1. The van der Waals surface area contributed by atoms with Crippen molar-refractivity contribution in [3.8, 4) is 0 Å². The SMILES string of the molecule is CON(C)C(=O)C1CC(SC(c2ccccc2)(c2ccccc2)c2ccccc2)CN1C(=O)O. The largest absolute Gasteiger partial charge is 0.465 e. The molecule has 1 heterocycles. The predicted octanol–water partition coefficient (Wildman–Crippen LogP) is 4.85. The zero-order valence-electron chi connectivity index (χ0n) is 19.2. The van der Waals surface area contributed by atoms with Crippen LogP contribution in [0.4, 0.5) is 4.79 Å². The molecule has 0 aromatic heterocycles. The Kier molecular flexibility index (Phi) is 7.24. The van der Waals surface area contributed by atoms with Gasteiger partial charge in [-0.05, 0) is 23.1 Å². The molecule has 0 bridgehead atoms. The zero-order chi connectivity index (χ0) is 24.1. The maximum absolute atomic E-state index is 12.9. The molecule has 0 spiro atoms. The first-order valence-corrected chi connectivity index (χ1v) is 12.0. The maximum atomic E-state index is 12.9. The minimum atomic E-state index is -1.10. The minimum absolute atomic E-state index is 0.115. The van der Waals surface area contributed by atoms with Gasteiger partial charge in [-0.25, -0.2) is 9.86 Å². The second kappa shape index (κ2) is 10.3. The van der Waals surface area contributed by atoms with Gasteiger partial charge in [0, 0.05) is 18.8 Å². The van der Waals surface area contributed by atoms with Crippen LogP contribution in [0.5, 0.6) is 0 Å². The van der Waals surface area contributed by atoms with Crippen molar-refractivity contribution in [1.29, 1.82) is 0 Å². The van der Waals surface area contributed by atoms with Crippen molar-refractivity contribution in [3.05, 3.63) is 108 Å². The van der Waals surface area contributed by atoms with Crippen LogP contribution in [0.25, 0.3) is 0 Å². The quantitative estimate of drug-likeness (QED) is 0.390. The number of hydrogen-bond donors (Lipinski definition) is 1. The maximum Gasteiger partial charge on any atom is 0.408 e. The fourth-order valence-corrected chi connectivity index (χ4v) is 6.43. The lowest BCUT2D eigenvalue weighted by atomic mass is 9.84. The Morgan fingerprint density at radius 3 is 1.74 bits per heavy atom. The molecule has 1 aliphatic heterocycles. The molecular weight excluding hydrogens is 448 g/mol. The van der Waals surface area contributed by atoms with Crippen LogP contribution in [0.15, 0.2) is 91.0 Å². The van der Waals surface area contributed by atoms with Crippen LogP contribution in [0.1, 0.15) is 23.1 Å². The summed E-state index contributed by atoms with van der Waals surface area (Å²) in [7, 11) is 2.90. The molecule has 1 fully saturated rings. The van der Waals surface area contributed by atoms with Crippen molar-refractivity contribution >= 4 is 23.8 Å². The summed E-state index contributed by atoms with van der Waals surface area (Å²) < 4.78 is -0.580. The third-order valence-corrected chi connectivity index (χ3v) is 8.00. The fourth-order valence-electron chi connectivity index (χ4n) is 4.60. The highest BCUT2D eigenvalue weighted by molar-refractivity contribution is 8.01. The van der Waals surface area contributed by atoms with E-state index >= 15 is 0 Å². The summed E-state index contributed by atoms with van der Waals surface area (Å²) in [6, 6.07) is 30.0. The van der Waals surface area contributed by atoms with E-state index in [2.05, 4.69) is 36.4 Å². The second-order valence-electron chi connectivity index (χ2n) is 8.22. The summed E-state index contributed by atoms with van der Waals surface area (Å²) >= 11 is 1.70. The number of thioether (sulfide) groups is 1. The molecule has 0 radical (unpaired) electrons. The summed E-state index contributed by atoms with van der Waals surface area (Å²) in [4.78, 5) is 31.2. The van der Waals surface area contributed by atoms with Gasteiger partial charge >= 0.3 is 6.09 Å². The molecule has 6 nitrogen and oxygen atoms in total. The molecule has 1 aliphatic rings. The molecule has 2 amide bonds. The molecule has 3 aromatic rings. The first-order valence-electron chi connectivity index (χ1n) is 11.1. The lowest BCUT2D eigenvalue weighted by Gasteiger charge is -2.37. The molecule has 7 heteroatoms. The Labute approximate surface area is 204 Å². The van der Waals surface area contributed by atoms with Gasteiger partial charge in [-0.15, -0.1) is 11.8 Å². The highest BCUT2D eigenvalue weighted by atomic mass is 32.2. The molecule has 0 saturated carbocycles. The summed E-state index contributed by atoms with van der Waals surface area (Å²) in [6.45, 7) is 0.252. The van der Waals surface area contributed by atoms with Crippen molar-refractivity contribution in [1.82, 2.24) is 9.96 Å². The molecule has 2 unspecified atom stereocenters. The van der Waals surface area contributed by atoms with Crippen molar-refractivity contribution in [2.75, 3.05) is 20.7 Å². The van der Waals surface area contributed by atoms with Crippen molar-refractivity contribution in [3.63, 3.8) is 0 Å². The number of amides is 2. The van der Waals surface area contributed by atoms with Crippen LogP contribution in [0, 0.1) is 0 Å². The molecule has 1 N–H and O–H groups in total. The zero-order valence-corrected chi connectivity index (χ0v) is 20.0. The molecule has 34 heavy (non-hydrogen) atoms. The van der Waals surface area contributed by atoms with E-state index in [1.165, 1.54) is 19.1 Å². The third-order valence-electron chi connectivity index (χ3n) is 6.26. The van der Waals surface area contributed by atoms with Crippen molar-refractivity contribution in [2.45, 2.75) is 22.5 Å².